The van der Waals surface area contributed by atoms with E-state index < -0.39 is 33.5 Å². The van der Waals surface area contributed by atoms with Gasteiger partial charge in [0.05, 0.1) is 26.1 Å². The van der Waals surface area contributed by atoms with E-state index in [1.807, 2.05) is 0 Å². The van der Waals surface area contributed by atoms with Crippen LogP contribution < -0.4 is 14.2 Å². The lowest BCUT2D eigenvalue weighted by Gasteiger charge is -2.18. The molecule has 0 amide bonds. The second-order valence-electron chi connectivity index (χ2n) is 7.63. The highest BCUT2D eigenvalue weighted by Crippen LogP contribution is 2.37. The number of nitrogens with zero attached hydrogens (tertiary/aromatic N) is 5. The second kappa shape index (κ2) is 9.91. The highest BCUT2D eigenvalue weighted by molar-refractivity contribution is 7.92. The number of aromatic nitrogens is 5. The van der Waals surface area contributed by atoms with Crippen molar-refractivity contribution in [3.8, 4) is 28.7 Å². The molecule has 2 aromatic heterocycles. The van der Waals surface area contributed by atoms with Gasteiger partial charge in [0.15, 0.2) is 5.82 Å². The molecule has 0 spiro atoms. The Balaban J connectivity index is 1.78. The largest absolute Gasteiger partial charge is 0.494 e. The van der Waals surface area contributed by atoms with Gasteiger partial charge in [-0.25, -0.2) is 17.2 Å². The van der Waals surface area contributed by atoms with Crippen LogP contribution in [0.2, 0.25) is 0 Å². The zero-order valence-corrected chi connectivity index (χ0v) is 20.2. The number of aliphatic hydroxyl groups excluding tert-OH is 1. The molecule has 14 heteroatoms. The zero-order valence-electron chi connectivity index (χ0n) is 19.4. The molecule has 0 radical (unpaired) electrons. The predicted octanol–water partition coefficient (Wildman–Crippen LogP) is 2.44. The third-order valence-corrected chi connectivity index (χ3v) is 6.42. The average molecular weight is 521 g/mol. The van der Waals surface area contributed by atoms with E-state index in [2.05, 4.69) is 20.0 Å². The molecule has 0 bridgehead atoms. The van der Waals surface area contributed by atoms with E-state index >= 15 is 0 Å². The first-order chi connectivity index (χ1) is 17.1. The lowest BCUT2D eigenvalue weighted by atomic mass is 10.1. The minimum Gasteiger partial charge on any atom is -0.494 e. The monoisotopic (exact) mass is 520 g/mol. The molecule has 2 aromatic carbocycles. The van der Waals surface area contributed by atoms with Gasteiger partial charge in [-0.2, -0.15) is 5.10 Å². The number of nitrogens with one attached hydrogen (secondary N) is 1. The molecule has 0 saturated carbocycles. The molecule has 0 fully saturated rings. The number of halogens is 2. The Morgan fingerprint density at radius 2 is 1.78 bits per heavy atom. The van der Waals surface area contributed by atoms with Crippen molar-refractivity contribution in [1.82, 2.24) is 24.5 Å². The lowest BCUT2D eigenvalue weighted by molar-refractivity contribution is 0.196. The Hall–Kier alpha value is -4.04. The number of hydrogen-bond acceptors (Lipinski definition) is 8. The maximum atomic E-state index is 14.1. The van der Waals surface area contributed by atoms with Crippen LogP contribution in [0.3, 0.4) is 0 Å². The summed E-state index contributed by atoms with van der Waals surface area (Å²) >= 11 is 0. The quantitative estimate of drug-likeness (QED) is 0.344. The minimum atomic E-state index is -4.33. The maximum absolute atomic E-state index is 14.1. The van der Waals surface area contributed by atoms with Crippen LogP contribution in [-0.2, 0) is 17.1 Å². The van der Waals surface area contributed by atoms with Crippen LogP contribution in [0.1, 0.15) is 11.7 Å². The summed E-state index contributed by atoms with van der Waals surface area (Å²) in [5, 5.41) is 22.8. The molecule has 2 heterocycles. The van der Waals surface area contributed by atoms with Crippen molar-refractivity contribution in [1.29, 1.82) is 0 Å². The summed E-state index contributed by atoms with van der Waals surface area (Å²) in [5.74, 6) is -2.32. The van der Waals surface area contributed by atoms with Crippen LogP contribution in [0.15, 0.2) is 48.7 Å². The summed E-state index contributed by atoms with van der Waals surface area (Å²) in [7, 11) is 0.231. The SMILES string of the molecule is COc1cccc(OC)c1-n1c(NS(=O)(=O)C[C@@H](O)c2ccc(F)cc2F)nnc1-c1ccn(C)n1. The van der Waals surface area contributed by atoms with Crippen LogP contribution >= 0.6 is 0 Å². The van der Waals surface area contributed by atoms with Crippen LogP contribution in [0.4, 0.5) is 14.7 Å². The predicted molar refractivity (Wildman–Crippen MR) is 125 cm³/mol. The molecule has 0 aliphatic heterocycles. The zero-order chi connectivity index (χ0) is 26.0. The summed E-state index contributed by atoms with van der Waals surface area (Å²) in [6, 6.07) is 9.07. The van der Waals surface area contributed by atoms with Crippen molar-refractivity contribution in [3.63, 3.8) is 0 Å². The van der Waals surface area contributed by atoms with E-state index in [9.17, 15) is 22.3 Å². The number of sulfonamides is 1. The summed E-state index contributed by atoms with van der Waals surface area (Å²) in [5.41, 5.74) is 0.289. The molecule has 36 heavy (non-hydrogen) atoms. The first-order valence-corrected chi connectivity index (χ1v) is 12.1. The number of ether oxygens (including phenoxy) is 2. The van der Waals surface area contributed by atoms with Gasteiger partial charge in [0.1, 0.15) is 34.5 Å². The van der Waals surface area contributed by atoms with E-state index in [1.165, 1.54) is 23.5 Å². The van der Waals surface area contributed by atoms with E-state index in [0.29, 0.717) is 23.3 Å². The Morgan fingerprint density at radius 3 is 2.36 bits per heavy atom. The van der Waals surface area contributed by atoms with Gasteiger partial charge in [-0.15, -0.1) is 10.2 Å². The molecule has 0 aliphatic rings. The van der Waals surface area contributed by atoms with Gasteiger partial charge < -0.3 is 14.6 Å². The number of hydrogen-bond donors (Lipinski definition) is 2. The maximum Gasteiger partial charge on any atom is 0.243 e. The minimum absolute atomic E-state index is 0.168. The molecule has 0 unspecified atom stereocenters. The van der Waals surface area contributed by atoms with Gasteiger partial charge in [-0.05, 0) is 24.3 Å². The first kappa shape index (κ1) is 25.1. The molecular weight excluding hydrogens is 498 g/mol. The molecule has 0 aliphatic carbocycles. The fourth-order valence-corrected chi connectivity index (χ4v) is 4.65. The van der Waals surface area contributed by atoms with E-state index in [1.54, 1.807) is 37.5 Å². The van der Waals surface area contributed by atoms with Crippen molar-refractivity contribution in [3.05, 3.63) is 65.9 Å². The van der Waals surface area contributed by atoms with Gasteiger partial charge in [0, 0.05) is 24.9 Å². The summed E-state index contributed by atoms with van der Waals surface area (Å²) in [6.45, 7) is 0. The Labute approximate surface area is 205 Å². The topological polar surface area (TPSA) is 133 Å². The molecule has 4 aromatic rings. The van der Waals surface area contributed by atoms with Crippen LogP contribution in [-0.4, -0.2) is 58.0 Å². The van der Waals surface area contributed by atoms with Crippen LogP contribution in [0.5, 0.6) is 11.5 Å². The van der Waals surface area contributed by atoms with Gasteiger partial charge in [0.25, 0.3) is 0 Å². The number of rotatable bonds is 9. The summed E-state index contributed by atoms with van der Waals surface area (Å²) in [4.78, 5) is 0. The van der Waals surface area contributed by atoms with Gasteiger partial charge >= 0.3 is 0 Å². The number of anilines is 1. The second-order valence-corrected chi connectivity index (χ2v) is 9.40. The number of aliphatic hydroxyl groups is 1. The third-order valence-electron chi connectivity index (χ3n) is 5.18. The van der Waals surface area contributed by atoms with Crippen LogP contribution in [0, 0.1) is 11.6 Å². The number of aryl methyl sites for hydroxylation is 1. The van der Waals surface area contributed by atoms with Crippen molar-refractivity contribution in [2.24, 2.45) is 7.05 Å². The molecular formula is C22H22F2N6O5S. The molecule has 4 rings (SSSR count). The van der Waals surface area contributed by atoms with E-state index in [-0.39, 0.29) is 23.0 Å². The Kier molecular flexibility index (Phi) is 6.90. The Bertz CT molecular complexity index is 1480. The highest BCUT2D eigenvalue weighted by Gasteiger charge is 2.28. The number of methoxy groups -OCH3 is 2. The normalized spacial score (nSPS) is 12.4. The van der Waals surface area contributed by atoms with Crippen molar-refractivity contribution in [2.45, 2.75) is 6.10 Å². The molecule has 2 N–H and O–H groups in total. The fourth-order valence-electron chi connectivity index (χ4n) is 3.56. The third kappa shape index (κ3) is 4.99. The summed E-state index contributed by atoms with van der Waals surface area (Å²) in [6.07, 6.45) is -0.110. The Morgan fingerprint density at radius 1 is 1.08 bits per heavy atom. The van der Waals surface area contributed by atoms with Gasteiger partial charge in [0.2, 0.25) is 16.0 Å². The highest BCUT2D eigenvalue weighted by atomic mass is 32.2. The van der Waals surface area contributed by atoms with Gasteiger partial charge in [-0.3, -0.25) is 14.0 Å². The van der Waals surface area contributed by atoms with Crippen molar-refractivity contribution >= 4 is 16.0 Å². The molecule has 1 atom stereocenters. The van der Waals surface area contributed by atoms with E-state index in [0.717, 1.165) is 12.1 Å². The fraction of sp³-hybridized carbons (Fsp3) is 0.227. The standard InChI is InChI=1S/C22H22F2N6O5S/c1-29-10-9-16(27-29)21-25-26-22(30(21)20-18(34-2)5-4-6-19(20)35-3)28-36(32,33)12-17(31)14-8-7-13(23)11-15(14)24/h4-11,17,31H,12H2,1-3H3,(H,26,28)/t17-/m1/s1. The van der Waals surface area contributed by atoms with Crippen molar-refractivity contribution in [2.75, 3.05) is 24.7 Å². The van der Waals surface area contributed by atoms with Crippen LogP contribution in [0.25, 0.3) is 17.2 Å². The molecule has 0 saturated heterocycles. The number of benzene rings is 2. The smallest absolute Gasteiger partial charge is 0.243 e. The van der Waals surface area contributed by atoms with Gasteiger partial charge in [-0.1, -0.05) is 12.1 Å². The lowest BCUT2D eigenvalue weighted by Crippen LogP contribution is -2.24. The first-order valence-electron chi connectivity index (χ1n) is 10.4. The summed E-state index contributed by atoms with van der Waals surface area (Å²) < 4.78 is 69.3. The molecule has 11 nitrogen and oxygen atoms in total. The number of para-hydroxylation sites is 1. The van der Waals surface area contributed by atoms with Crippen molar-refractivity contribution < 1.29 is 31.8 Å². The van der Waals surface area contributed by atoms with E-state index in [4.69, 9.17) is 9.47 Å². The average Bonchev–Trinajstić information content (AvgIpc) is 3.43. The molecule has 190 valence electrons.